The highest BCUT2D eigenvalue weighted by molar-refractivity contribution is 7.94. The Labute approximate surface area is 159 Å². The number of carbonyl (C=O) groups excluding carboxylic acids is 1. The molecule has 7 nitrogen and oxygen atoms in total. The number of amides is 1. The number of nitrogens with one attached hydrogen (secondary N) is 2. The van der Waals surface area contributed by atoms with Crippen molar-refractivity contribution in [2.24, 2.45) is 0 Å². The maximum Gasteiger partial charge on any atom is 0.273 e. The molecule has 0 aliphatic heterocycles. The Hall–Kier alpha value is -2.85. The summed E-state index contributed by atoms with van der Waals surface area (Å²) in [5.41, 5.74) is 2.19. The van der Waals surface area contributed by atoms with Crippen LogP contribution in [0.15, 0.2) is 47.1 Å². The number of benzene rings is 1. The minimum Gasteiger partial charge on any atom is -0.302 e. The van der Waals surface area contributed by atoms with E-state index in [0.29, 0.717) is 22.4 Å². The fourth-order valence-corrected chi connectivity index (χ4v) is 4.47. The van der Waals surface area contributed by atoms with E-state index in [2.05, 4.69) is 20.0 Å². The Kier molecular flexibility index (Phi) is 5.19. The molecule has 1 amide bonds. The van der Waals surface area contributed by atoms with E-state index < -0.39 is 15.8 Å². The third-order valence-corrected chi connectivity index (χ3v) is 6.29. The predicted octanol–water partition coefficient (Wildman–Crippen LogP) is 3.41. The number of carbonyl (C=O) groups is 1. The molecule has 140 valence electrons. The molecule has 3 rings (SSSR count). The molecule has 0 saturated carbocycles. The number of aromatic nitrogens is 2. The van der Waals surface area contributed by atoms with Crippen LogP contribution in [0.1, 0.15) is 12.5 Å². The topological polar surface area (TPSA) is 101 Å². The number of rotatable bonds is 5. The zero-order valence-electron chi connectivity index (χ0n) is 14.4. The lowest BCUT2D eigenvalue weighted by Gasteiger charge is -2.11. The van der Waals surface area contributed by atoms with Crippen LogP contribution in [0.25, 0.3) is 11.1 Å². The van der Waals surface area contributed by atoms with Gasteiger partial charge in [-0.25, -0.2) is 17.8 Å². The molecule has 27 heavy (non-hydrogen) atoms. The summed E-state index contributed by atoms with van der Waals surface area (Å²) in [4.78, 5) is 18.7. The van der Waals surface area contributed by atoms with Crippen molar-refractivity contribution in [3.8, 4) is 11.1 Å². The van der Waals surface area contributed by atoms with Gasteiger partial charge in [0.05, 0.1) is 18.1 Å². The van der Waals surface area contributed by atoms with Gasteiger partial charge in [-0.1, -0.05) is 23.5 Å². The van der Waals surface area contributed by atoms with E-state index in [1.54, 1.807) is 25.1 Å². The Morgan fingerprint density at radius 2 is 1.93 bits per heavy atom. The van der Waals surface area contributed by atoms with Gasteiger partial charge in [-0.05, 0) is 30.2 Å². The van der Waals surface area contributed by atoms with Crippen molar-refractivity contribution in [2.45, 2.75) is 18.1 Å². The molecule has 0 unspecified atom stereocenters. The number of hydrogen-bond acceptors (Lipinski definition) is 6. The van der Waals surface area contributed by atoms with Crippen LogP contribution in [0.3, 0.4) is 0 Å². The van der Waals surface area contributed by atoms with Crippen LogP contribution in [0.2, 0.25) is 0 Å². The normalized spacial score (nSPS) is 11.2. The second kappa shape index (κ2) is 7.41. The van der Waals surface area contributed by atoms with Gasteiger partial charge in [0.15, 0.2) is 9.34 Å². The molecule has 2 aromatic heterocycles. The average molecular weight is 406 g/mol. The van der Waals surface area contributed by atoms with Crippen LogP contribution >= 0.6 is 11.3 Å². The van der Waals surface area contributed by atoms with E-state index in [0.717, 1.165) is 17.5 Å². The van der Waals surface area contributed by atoms with E-state index >= 15 is 0 Å². The number of pyridine rings is 1. The molecular weight excluding hydrogens is 391 g/mol. The summed E-state index contributed by atoms with van der Waals surface area (Å²) < 4.78 is 41.1. The summed E-state index contributed by atoms with van der Waals surface area (Å²) in [6.07, 6.45) is 3.76. The predicted molar refractivity (Wildman–Crippen MR) is 102 cm³/mol. The first-order chi connectivity index (χ1) is 12.7. The standard InChI is InChI=1S/C17H15FN4O3S2/c1-10-3-4-12(13-5-14(18)8-19-7-13)6-15(10)22-27(24,25)16-9-20-17(26-16)21-11(2)23/h3-9,22H,1-2H3,(H,20,21,23). The van der Waals surface area contributed by atoms with Crippen LogP contribution in [0, 0.1) is 12.7 Å². The van der Waals surface area contributed by atoms with Crippen molar-refractivity contribution in [3.63, 3.8) is 0 Å². The lowest BCUT2D eigenvalue weighted by molar-refractivity contribution is -0.114. The van der Waals surface area contributed by atoms with Gasteiger partial charge in [0.25, 0.3) is 10.0 Å². The minimum absolute atomic E-state index is 0.0384. The molecule has 2 N–H and O–H groups in total. The first-order valence-corrected chi connectivity index (χ1v) is 10.0. The lowest BCUT2D eigenvalue weighted by atomic mass is 10.0. The van der Waals surface area contributed by atoms with E-state index in [4.69, 9.17) is 0 Å². The van der Waals surface area contributed by atoms with Crippen LogP contribution < -0.4 is 10.0 Å². The fourth-order valence-electron chi connectivity index (χ4n) is 2.27. The van der Waals surface area contributed by atoms with Crippen molar-refractivity contribution in [1.29, 1.82) is 0 Å². The molecule has 0 radical (unpaired) electrons. The highest BCUT2D eigenvalue weighted by Crippen LogP contribution is 2.29. The molecule has 2 heterocycles. The van der Waals surface area contributed by atoms with Crippen LogP contribution in [0.4, 0.5) is 15.2 Å². The maximum atomic E-state index is 13.4. The minimum atomic E-state index is -3.89. The Morgan fingerprint density at radius 3 is 2.63 bits per heavy atom. The third kappa shape index (κ3) is 4.47. The summed E-state index contributed by atoms with van der Waals surface area (Å²) in [7, 11) is -3.89. The third-order valence-electron chi connectivity index (χ3n) is 3.55. The molecular formula is C17H15FN4O3S2. The molecule has 0 aliphatic carbocycles. The van der Waals surface area contributed by atoms with Gasteiger partial charge in [0, 0.05) is 18.7 Å². The Bertz CT molecular complexity index is 1110. The van der Waals surface area contributed by atoms with E-state index in [1.165, 1.54) is 25.4 Å². The molecule has 1 aromatic carbocycles. The van der Waals surface area contributed by atoms with Crippen LogP contribution in [0.5, 0.6) is 0 Å². The summed E-state index contributed by atoms with van der Waals surface area (Å²) in [6.45, 7) is 3.06. The van der Waals surface area contributed by atoms with E-state index in [-0.39, 0.29) is 15.2 Å². The highest BCUT2D eigenvalue weighted by Gasteiger charge is 2.20. The quantitative estimate of drug-likeness (QED) is 0.676. The lowest BCUT2D eigenvalue weighted by Crippen LogP contribution is -2.12. The van der Waals surface area contributed by atoms with Crippen LogP contribution in [-0.4, -0.2) is 24.3 Å². The number of hydrogen-bond donors (Lipinski definition) is 2. The van der Waals surface area contributed by atoms with Crippen molar-refractivity contribution in [2.75, 3.05) is 10.0 Å². The zero-order valence-corrected chi connectivity index (χ0v) is 16.0. The van der Waals surface area contributed by atoms with Crippen molar-refractivity contribution >= 4 is 38.1 Å². The highest BCUT2D eigenvalue weighted by atomic mass is 32.2. The fraction of sp³-hybridized carbons (Fsp3) is 0.118. The molecule has 10 heteroatoms. The second-order valence-electron chi connectivity index (χ2n) is 5.69. The molecule has 0 saturated heterocycles. The van der Waals surface area contributed by atoms with Crippen molar-refractivity contribution in [1.82, 2.24) is 9.97 Å². The zero-order chi connectivity index (χ0) is 19.6. The van der Waals surface area contributed by atoms with Gasteiger partial charge in [-0.2, -0.15) is 0 Å². The number of sulfonamides is 1. The largest absolute Gasteiger partial charge is 0.302 e. The summed E-state index contributed by atoms with van der Waals surface area (Å²) >= 11 is 0.843. The molecule has 0 aliphatic rings. The van der Waals surface area contributed by atoms with Gasteiger partial charge in [0.2, 0.25) is 5.91 Å². The smallest absolute Gasteiger partial charge is 0.273 e. The SMILES string of the molecule is CC(=O)Nc1ncc(S(=O)(=O)Nc2cc(-c3cncc(F)c3)ccc2C)s1. The van der Waals surface area contributed by atoms with E-state index in [9.17, 15) is 17.6 Å². The Balaban J connectivity index is 1.91. The average Bonchev–Trinajstić information content (AvgIpc) is 3.05. The number of aryl methyl sites for hydroxylation is 1. The van der Waals surface area contributed by atoms with Crippen LogP contribution in [-0.2, 0) is 14.8 Å². The van der Waals surface area contributed by atoms with Gasteiger partial charge in [-0.15, -0.1) is 0 Å². The number of anilines is 2. The summed E-state index contributed by atoms with van der Waals surface area (Å²) in [5, 5.41) is 2.64. The second-order valence-corrected chi connectivity index (χ2v) is 8.63. The van der Waals surface area contributed by atoms with Crippen molar-refractivity contribution < 1.29 is 17.6 Å². The number of nitrogens with zero attached hydrogens (tertiary/aromatic N) is 2. The molecule has 0 bridgehead atoms. The monoisotopic (exact) mass is 406 g/mol. The Morgan fingerprint density at radius 1 is 1.15 bits per heavy atom. The summed E-state index contributed by atoms with van der Waals surface area (Å²) in [5.74, 6) is -0.820. The van der Waals surface area contributed by atoms with Gasteiger partial charge >= 0.3 is 0 Å². The molecule has 3 aromatic rings. The first-order valence-electron chi connectivity index (χ1n) is 7.72. The van der Waals surface area contributed by atoms with Gasteiger partial charge in [0.1, 0.15) is 5.82 Å². The first kappa shape index (κ1) is 18.9. The van der Waals surface area contributed by atoms with Gasteiger partial charge in [-0.3, -0.25) is 14.5 Å². The molecule has 0 spiro atoms. The van der Waals surface area contributed by atoms with Crippen molar-refractivity contribution in [3.05, 3.63) is 54.2 Å². The molecule has 0 atom stereocenters. The van der Waals surface area contributed by atoms with E-state index in [1.807, 2.05) is 0 Å². The maximum absolute atomic E-state index is 13.4. The number of halogens is 1. The number of thiazole rings is 1. The molecule has 0 fully saturated rings. The summed E-state index contributed by atoms with van der Waals surface area (Å²) in [6, 6.07) is 6.41. The van der Waals surface area contributed by atoms with Gasteiger partial charge < -0.3 is 5.32 Å².